The Balaban J connectivity index is 0.000001000. The van der Waals surface area contributed by atoms with Gasteiger partial charge in [0.1, 0.15) is 5.82 Å². The summed E-state index contributed by atoms with van der Waals surface area (Å²) in [5.74, 6) is -1.75. The number of halogens is 1. The molecule has 0 unspecified atom stereocenters. The molecule has 1 aromatic carbocycles. The van der Waals surface area contributed by atoms with Crippen LogP contribution in [-0.4, -0.2) is 5.97 Å². The molecule has 0 saturated heterocycles. The van der Waals surface area contributed by atoms with E-state index in [1.54, 1.807) is 0 Å². The summed E-state index contributed by atoms with van der Waals surface area (Å²) >= 11 is 0. The van der Waals surface area contributed by atoms with Crippen LogP contribution in [-0.2, 0) is 0 Å². The maximum Gasteiger partial charge on any atom is 1.00 e. The summed E-state index contributed by atoms with van der Waals surface area (Å²) in [6.45, 7) is 0. The smallest absolute Gasteiger partial charge is 0.545 e. The monoisotopic (exact) mass is 272 g/mol. The Labute approximate surface area is 122 Å². The van der Waals surface area contributed by atoms with Crippen LogP contribution in [0.2, 0.25) is 0 Å². The first-order valence-electron chi connectivity index (χ1n) is 2.67. The predicted molar refractivity (Wildman–Crippen MR) is 30.7 cm³/mol. The fourth-order valence-corrected chi connectivity index (χ4v) is 0.586. The molecule has 0 aliphatic carbocycles. The third-order valence-electron chi connectivity index (χ3n) is 1.08. The van der Waals surface area contributed by atoms with Crippen LogP contribution in [0.5, 0.6) is 0 Å². The average molecular weight is 272 g/mol. The second kappa shape index (κ2) is 5.34. The molecule has 2 nitrogen and oxygen atoms in total. The molecule has 0 saturated carbocycles. The standard InChI is InChI=1S/C7H5FO2.Cs/c8-6-3-1-5(2-4-6)7(9)10;/h1-4H,(H,9,10);/q;+1/p-1. The average Bonchev–Trinajstić information content (AvgIpc) is 1.88. The quantitative estimate of drug-likeness (QED) is 0.554. The van der Waals surface area contributed by atoms with Gasteiger partial charge < -0.3 is 9.90 Å². The summed E-state index contributed by atoms with van der Waals surface area (Å²) < 4.78 is 12.1. The molecule has 0 bridgehead atoms. The number of aromatic carboxylic acids is 1. The SMILES string of the molecule is O=C([O-])c1ccc(F)cc1.[Cs+]. The molecular formula is C7H4CsFO2. The molecule has 0 aromatic heterocycles. The largest absolute Gasteiger partial charge is 1.00 e. The Morgan fingerprint density at radius 1 is 1.27 bits per heavy atom. The van der Waals surface area contributed by atoms with Crippen molar-refractivity contribution in [1.29, 1.82) is 0 Å². The molecule has 0 heterocycles. The van der Waals surface area contributed by atoms with Crippen LogP contribution in [0.15, 0.2) is 24.3 Å². The molecule has 0 spiro atoms. The van der Waals surface area contributed by atoms with Crippen molar-refractivity contribution in [3.63, 3.8) is 0 Å². The summed E-state index contributed by atoms with van der Waals surface area (Å²) in [7, 11) is 0. The number of hydrogen-bond donors (Lipinski definition) is 0. The Hall–Kier alpha value is 0.672. The molecule has 0 aliphatic heterocycles. The Bertz CT molecular complexity index is 245. The molecule has 52 valence electrons. The number of carboxylic acid groups (broad SMARTS) is 1. The van der Waals surface area contributed by atoms with Gasteiger partial charge in [-0.1, -0.05) is 12.1 Å². The normalized spacial score (nSPS) is 8.45. The van der Waals surface area contributed by atoms with Gasteiger partial charge in [0.15, 0.2) is 0 Å². The predicted octanol–water partition coefficient (Wildman–Crippen LogP) is -2.81. The van der Waals surface area contributed by atoms with Gasteiger partial charge in [0.05, 0.1) is 5.97 Å². The van der Waals surface area contributed by atoms with Gasteiger partial charge in [0.2, 0.25) is 0 Å². The van der Waals surface area contributed by atoms with Crippen molar-refractivity contribution in [1.82, 2.24) is 0 Å². The van der Waals surface area contributed by atoms with Gasteiger partial charge >= 0.3 is 68.9 Å². The van der Waals surface area contributed by atoms with E-state index >= 15 is 0 Å². The van der Waals surface area contributed by atoms with Crippen LogP contribution in [0.4, 0.5) is 4.39 Å². The van der Waals surface area contributed by atoms with Crippen molar-refractivity contribution in [2.75, 3.05) is 0 Å². The van der Waals surface area contributed by atoms with Gasteiger partial charge in [-0.2, -0.15) is 0 Å². The van der Waals surface area contributed by atoms with E-state index in [1.165, 1.54) is 0 Å². The van der Waals surface area contributed by atoms with Gasteiger partial charge in [-0.3, -0.25) is 0 Å². The van der Waals surface area contributed by atoms with E-state index in [1.807, 2.05) is 0 Å². The third kappa shape index (κ3) is 3.73. The molecule has 0 atom stereocenters. The van der Waals surface area contributed by atoms with Gasteiger partial charge in [0, 0.05) is 0 Å². The second-order valence-corrected chi connectivity index (χ2v) is 1.79. The van der Waals surface area contributed by atoms with E-state index in [0.717, 1.165) is 24.3 Å². The minimum atomic E-state index is -1.29. The van der Waals surface area contributed by atoms with Crippen LogP contribution in [0.1, 0.15) is 10.4 Å². The van der Waals surface area contributed by atoms with Crippen LogP contribution >= 0.6 is 0 Å². The number of carbonyl (C=O) groups excluding carboxylic acids is 1. The fourth-order valence-electron chi connectivity index (χ4n) is 0.586. The number of benzene rings is 1. The minimum absolute atomic E-state index is 0. The Morgan fingerprint density at radius 2 is 1.73 bits per heavy atom. The molecule has 11 heavy (non-hydrogen) atoms. The first-order valence-corrected chi connectivity index (χ1v) is 2.67. The van der Waals surface area contributed by atoms with E-state index in [2.05, 4.69) is 0 Å². The van der Waals surface area contributed by atoms with Crippen LogP contribution in [0.25, 0.3) is 0 Å². The minimum Gasteiger partial charge on any atom is -0.545 e. The summed E-state index contributed by atoms with van der Waals surface area (Å²) in [5.41, 5.74) is -0.0126. The number of hydrogen-bond acceptors (Lipinski definition) is 2. The first-order chi connectivity index (χ1) is 4.70. The molecule has 0 radical (unpaired) electrons. The summed E-state index contributed by atoms with van der Waals surface area (Å²) in [6, 6.07) is 4.46. The van der Waals surface area contributed by atoms with Crippen molar-refractivity contribution in [2.45, 2.75) is 0 Å². The van der Waals surface area contributed by atoms with E-state index in [4.69, 9.17) is 0 Å². The van der Waals surface area contributed by atoms with Gasteiger partial charge in [-0.15, -0.1) is 0 Å². The van der Waals surface area contributed by atoms with Crippen LogP contribution < -0.4 is 74.0 Å². The Kier molecular flexibility index (Phi) is 5.67. The fraction of sp³-hybridized carbons (Fsp3) is 0. The number of rotatable bonds is 1. The van der Waals surface area contributed by atoms with E-state index in [0.29, 0.717) is 0 Å². The van der Waals surface area contributed by atoms with Crippen molar-refractivity contribution >= 4 is 5.97 Å². The van der Waals surface area contributed by atoms with Crippen molar-refractivity contribution < 1.29 is 83.2 Å². The maximum atomic E-state index is 12.1. The zero-order chi connectivity index (χ0) is 7.56. The van der Waals surface area contributed by atoms with Gasteiger partial charge in [0.25, 0.3) is 0 Å². The van der Waals surface area contributed by atoms with Crippen molar-refractivity contribution in [2.24, 2.45) is 0 Å². The number of carbonyl (C=O) groups is 1. The molecule has 0 aliphatic rings. The van der Waals surface area contributed by atoms with E-state index in [9.17, 15) is 14.3 Å². The summed E-state index contributed by atoms with van der Waals surface area (Å²) in [6.07, 6.45) is 0. The molecule has 0 N–H and O–H groups in total. The maximum absolute atomic E-state index is 12.1. The second-order valence-electron chi connectivity index (χ2n) is 1.79. The van der Waals surface area contributed by atoms with Crippen LogP contribution in [0, 0.1) is 5.82 Å². The molecule has 1 aromatic rings. The molecule has 0 fully saturated rings. The topological polar surface area (TPSA) is 40.1 Å². The zero-order valence-electron chi connectivity index (χ0n) is 6.00. The Morgan fingerprint density at radius 3 is 2.09 bits per heavy atom. The molecule has 0 amide bonds. The first kappa shape index (κ1) is 11.7. The summed E-state index contributed by atoms with van der Waals surface area (Å²) in [4.78, 5) is 10.1. The van der Waals surface area contributed by atoms with Gasteiger partial charge in [-0.05, 0) is 17.7 Å². The van der Waals surface area contributed by atoms with Crippen molar-refractivity contribution in [3.05, 3.63) is 35.6 Å². The zero-order valence-corrected chi connectivity index (χ0v) is 12.3. The third-order valence-corrected chi connectivity index (χ3v) is 1.08. The van der Waals surface area contributed by atoms with Crippen LogP contribution in [0.3, 0.4) is 0 Å². The van der Waals surface area contributed by atoms with E-state index in [-0.39, 0.29) is 74.5 Å². The van der Waals surface area contributed by atoms with Gasteiger partial charge in [-0.25, -0.2) is 4.39 Å². The molecule has 4 heteroatoms. The van der Waals surface area contributed by atoms with E-state index < -0.39 is 11.8 Å². The molecule has 1 rings (SSSR count). The molecular weight excluding hydrogens is 268 g/mol. The number of carboxylic acids is 1. The summed E-state index contributed by atoms with van der Waals surface area (Å²) in [5, 5.41) is 10.1. The van der Waals surface area contributed by atoms with Crippen molar-refractivity contribution in [3.8, 4) is 0 Å².